The first-order valence-electron chi connectivity index (χ1n) is 14.3. The summed E-state index contributed by atoms with van der Waals surface area (Å²) in [5.74, 6) is 0.809. The van der Waals surface area contributed by atoms with Crippen molar-refractivity contribution >= 4 is 36.0 Å². The first kappa shape index (κ1) is 32.0. The maximum atomic E-state index is 12.5. The van der Waals surface area contributed by atoms with Crippen LogP contribution >= 0.6 is 0 Å². The SMILES string of the molecule is C=NC1=C(C(N)=NC)C(C)(C)Cc2c1ccc(OC1CCC(NC(=O)OC(C)(C)C)CC1)c2N(C)CC(=O)OCC. The number of amidine groups is 1. The van der Waals surface area contributed by atoms with Crippen LogP contribution in [-0.2, 0) is 20.7 Å². The first-order chi connectivity index (χ1) is 19.2. The summed E-state index contributed by atoms with van der Waals surface area (Å²) in [6.07, 6.45) is 3.31. The number of anilines is 1. The van der Waals surface area contributed by atoms with Crippen LogP contribution in [0.1, 0.15) is 78.4 Å². The van der Waals surface area contributed by atoms with E-state index in [1.165, 1.54) is 0 Å². The molecule has 1 fully saturated rings. The van der Waals surface area contributed by atoms with Gasteiger partial charge in [0.2, 0.25) is 0 Å². The highest BCUT2D eigenvalue weighted by Crippen LogP contribution is 2.49. The van der Waals surface area contributed by atoms with Crippen molar-refractivity contribution in [2.24, 2.45) is 21.1 Å². The molecule has 0 unspecified atom stereocenters. The number of carbonyl (C=O) groups excluding carboxylic acids is 2. The summed E-state index contributed by atoms with van der Waals surface area (Å²) in [5, 5.41) is 2.98. The molecular formula is C31H47N5O5. The predicted molar refractivity (Wildman–Crippen MR) is 164 cm³/mol. The Kier molecular flexibility index (Phi) is 10.1. The molecule has 10 heteroatoms. The molecule has 10 nitrogen and oxygen atoms in total. The first-order valence-corrected chi connectivity index (χ1v) is 14.3. The molecule has 2 aliphatic carbocycles. The molecule has 0 radical (unpaired) electrons. The zero-order chi connectivity index (χ0) is 30.5. The molecule has 1 amide bonds. The number of aliphatic imine (C=N–C) groups is 2. The van der Waals surface area contributed by atoms with Crippen molar-refractivity contribution in [3.63, 3.8) is 0 Å². The van der Waals surface area contributed by atoms with Gasteiger partial charge in [0.25, 0.3) is 0 Å². The van der Waals surface area contributed by atoms with Crippen LogP contribution in [0, 0.1) is 5.41 Å². The lowest BCUT2D eigenvalue weighted by atomic mass is 9.70. The van der Waals surface area contributed by atoms with Gasteiger partial charge in [-0.05, 0) is 89.6 Å². The van der Waals surface area contributed by atoms with Gasteiger partial charge in [-0.15, -0.1) is 0 Å². The number of nitrogens with zero attached hydrogens (tertiary/aromatic N) is 3. The molecule has 41 heavy (non-hydrogen) atoms. The van der Waals surface area contributed by atoms with Crippen molar-refractivity contribution in [2.75, 3.05) is 32.1 Å². The number of fused-ring (bicyclic) bond motifs is 1. The van der Waals surface area contributed by atoms with E-state index in [1.54, 1.807) is 14.0 Å². The molecule has 0 aromatic heterocycles. The molecular weight excluding hydrogens is 522 g/mol. The lowest BCUT2D eigenvalue weighted by molar-refractivity contribution is -0.141. The van der Waals surface area contributed by atoms with Crippen molar-refractivity contribution in [3.05, 3.63) is 28.8 Å². The number of esters is 1. The molecule has 3 rings (SSSR count). The van der Waals surface area contributed by atoms with Crippen LogP contribution in [0.5, 0.6) is 5.75 Å². The number of nitrogens with one attached hydrogen (secondary N) is 1. The van der Waals surface area contributed by atoms with Crippen LogP contribution in [0.2, 0.25) is 0 Å². The highest BCUT2D eigenvalue weighted by atomic mass is 16.6. The smallest absolute Gasteiger partial charge is 0.407 e. The molecule has 0 spiro atoms. The fraction of sp³-hybridized carbons (Fsp3) is 0.613. The summed E-state index contributed by atoms with van der Waals surface area (Å²) in [6, 6.07) is 3.96. The van der Waals surface area contributed by atoms with Crippen molar-refractivity contribution < 1.29 is 23.8 Å². The van der Waals surface area contributed by atoms with E-state index in [2.05, 4.69) is 35.9 Å². The number of hydrogen-bond donors (Lipinski definition) is 2. The van der Waals surface area contributed by atoms with E-state index in [1.807, 2.05) is 44.9 Å². The van der Waals surface area contributed by atoms with E-state index in [-0.39, 0.29) is 24.7 Å². The summed E-state index contributed by atoms with van der Waals surface area (Å²) in [6.45, 7) is 15.8. The minimum atomic E-state index is -0.538. The molecule has 1 aromatic rings. The van der Waals surface area contributed by atoms with E-state index < -0.39 is 17.1 Å². The van der Waals surface area contributed by atoms with Gasteiger partial charge < -0.3 is 30.2 Å². The van der Waals surface area contributed by atoms with Crippen LogP contribution in [0.15, 0.2) is 27.7 Å². The fourth-order valence-corrected chi connectivity index (χ4v) is 5.72. The topological polar surface area (TPSA) is 128 Å². The van der Waals surface area contributed by atoms with Gasteiger partial charge in [-0.25, -0.2) is 4.79 Å². The highest BCUT2D eigenvalue weighted by Gasteiger charge is 2.38. The van der Waals surface area contributed by atoms with Crippen LogP contribution in [0.4, 0.5) is 10.5 Å². The molecule has 0 aliphatic heterocycles. The average Bonchev–Trinajstić information content (AvgIpc) is 2.86. The van der Waals surface area contributed by atoms with Crippen LogP contribution in [0.3, 0.4) is 0 Å². The van der Waals surface area contributed by atoms with Gasteiger partial charge in [0.05, 0.1) is 24.1 Å². The second-order valence-electron chi connectivity index (χ2n) is 12.4. The molecule has 2 aliphatic rings. The molecule has 1 saturated carbocycles. The van der Waals surface area contributed by atoms with E-state index in [9.17, 15) is 9.59 Å². The van der Waals surface area contributed by atoms with Gasteiger partial charge in [-0.2, -0.15) is 0 Å². The van der Waals surface area contributed by atoms with Gasteiger partial charge in [0, 0.05) is 31.3 Å². The normalized spacial score (nSPS) is 20.5. The zero-order valence-electron chi connectivity index (χ0n) is 25.9. The van der Waals surface area contributed by atoms with Crippen LogP contribution < -0.4 is 20.7 Å². The summed E-state index contributed by atoms with van der Waals surface area (Å²) in [7, 11) is 3.54. The number of benzene rings is 1. The fourth-order valence-electron chi connectivity index (χ4n) is 5.72. The van der Waals surface area contributed by atoms with Crippen LogP contribution in [0.25, 0.3) is 5.70 Å². The number of amides is 1. The Morgan fingerprint density at radius 3 is 2.41 bits per heavy atom. The van der Waals surface area contributed by atoms with Gasteiger partial charge in [-0.3, -0.25) is 14.8 Å². The Bertz CT molecular complexity index is 1210. The maximum Gasteiger partial charge on any atom is 0.407 e. The van der Waals surface area contributed by atoms with Gasteiger partial charge in [0.15, 0.2) is 0 Å². The average molecular weight is 570 g/mol. The minimum absolute atomic E-state index is 0.0375. The van der Waals surface area contributed by atoms with Crippen molar-refractivity contribution in [1.82, 2.24) is 5.32 Å². The van der Waals surface area contributed by atoms with E-state index >= 15 is 0 Å². The summed E-state index contributed by atoms with van der Waals surface area (Å²) < 4.78 is 17.3. The number of nitrogens with two attached hydrogens (primary N) is 1. The third-order valence-corrected chi connectivity index (χ3v) is 7.43. The van der Waals surface area contributed by atoms with Gasteiger partial charge >= 0.3 is 12.1 Å². The summed E-state index contributed by atoms with van der Waals surface area (Å²) >= 11 is 0. The van der Waals surface area contributed by atoms with Crippen molar-refractivity contribution in [1.29, 1.82) is 0 Å². The third-order valence-electron chi connectivity index (χ3n) is 7.43. The zero-order valence-corrected chi connectivity index (χ0v) is 25.9. The Morgan fingerprint density at radius 2 is 1.85 bits per heavy atom. The van der Waals surface area contributed by atoms with Crippen molar-refractivity contribution in [3.8, 4) is 5.75 Å². The molecule has 0 saturated heterocycles. The number of carbonyl (C=O) groups is 2. The van der Waals surface area contributed by atoms with E-state index in [0.717, 1.165) is 48.1 Å². The quantitative estimate of drug-likeness (QED) is 0.246. The van der Waals surface area contributed by atoms with E-state index in [4.69, 9.17) is 19.9 Å². The summed E-state index contributed by atoms with van der Waals surface area (Å²) in [5.41, 5.74) is 9.68. The van der Waals surface area contributed by atoms with Crippen LogP contribution in [-0.4, -0.2) is 69.6 Å². The van der Waals surface area contributed by atoms with Crippen molar-refractivity contribution in [2.45, 2.75) is 91.4 Å². The molecule has 3 N–H and O–H groups in total. The second-order valence-corrected chi connectivity index (χ2v) is 12.4. The molecule has 0 heterocycles. The Hall–Kier alpha value is -3.56. The van der Waals surface area contributed by atoms with E-state index in [0.29, 0.717) is 30.3 Å². The third kappa shape index (κ3) is 7.80. The number of alkyl carbamates (subject to hydrolysis) is 1. The monoisotopic (exact) mass is 569 g/mol. The molecule has 0 bridgehead atoms. The molecule has 1 aromatic carbocycles. The lowest BCUT2D eigenvalue weighted by Gasteiger charge is -2.38. The molecule has 226 valence electrons. The maximum absolute atomic E-state index is 12.5. The number of rotatable bonds is 9. The standard InChI is InChI=1S/C31H47N5O5/c1-10-39-24(37)18-36(9)27-22-17-31(5,6)25(28(32)34-8)26(33-7)21(22)15-16-23(27)40-20-13-11-19(12-14-20)35-29(38)41-30(2,3)4/h15-16,19-20H,7,10-14,17-18H2,1-6,8-9H3,(H2,32,34)(H,35,38). The number of hydrogen-bond acceptors (Lipinski definition) is 8. The second kappa shape index (κ2) is 13.0. The minimum Gasteiger partial charge on any atom is -0.488 e. The molecule has 0 atom stereocenters. The Labute approximate surface area is 244 Å². The predicted octanol–water partition coefficient (Wildman–Crippen LogP) is 4.88. The van der Waals surface area contributed by atoms with Gasteiger partial charge in [0.1, 0.15) is 23.7 Å². The Morgan fingerprint density at radius 1 is 1.20 bits per heavy atom. The number of ether oxygens (including phenoxy) is 3. The Balaban J connectivity index is 1.93. The largest absolute Gasteiger partial charge is 0.488 e. The van der Waals surface area contributed by atoms with Gasteiger partial charge in [-0.1, -0.05) is 13.8 Å². The number of likely N-dealkylation sites (N-methyl/N-ethyl adjacent to an activating group) is 1. The highest BCUT2D eigenvalue weighted by molar-refractivity contribution is 6.06. The lowest BCUT2D eigenvalue weighted by Crippen LogP contribution is -2.42. The summed E-state index contributed by atoms with van der Waals surface area (Å²) in [4.78, 5) is 35.3.